The third-order valence-corrected chi connectivity index (χ3v) is 3.72. The maximum atomic E-state index is 4.78. The summed E-state index contributed by atoms with van der Waals surface area (Å²) < 4.78 is 0. The van der Waals surface area contributed by atoms with E-state index in [-0.39, 0.29) is 0 Å². The first-order valence-electron chi connectivity index (χ1n) is 7.64. The van der Waals surface area contributed by atoms with Crippen molar-refractivity contribution in [2.45, 2.75) is 0 Å². The van der Waals surface area contributed by atoms with Crippen molar-refractivity contribution in [2.75, 3.05) is 0 Å². The van der Waals surface area contributed by atoms with Gasteiger partial charge in [-0.1, -0.05) is 6.07 Å². The molecule has 4 rings (SSSR count). The van der Waals surface area contributed by atoms with Crippen molar-refractivity contribution in [1.29, 1.82) is 0 Å². The molecule has 0 aliphatic heterocycles. The summed E-state index contributed by atoms with van der Waals surface area (Å²) in [5.74, 6) is 0. The number of pyridine rings is 4. The minimum absolute atomic E-state index is 0.837. The van der Waals surface area contributed by atoms with Gasteiger partial charge in [-0.05, 0) is 59.7 Å². The lowest BCUT2D eigenvalue weighted by Crippen LogP contribution is -1.93. The molecule has 0 amide bonds. The fraction of sp³-hybridized carbons (Fsp3) is 0. The molecule has 0 N–H and O–H groups in total. The highest BCUT2D eigenvalue weighted by Crippen LogP contribution is 2.28. The van der Waals surface area contributed by atoms with Crippen LogP contribution in [-0.2, 0) is 0 Å². The van der Waals surface area contributed by atoms with Crippen molar-refractivity contribution in [3.8, 4) is 33.8 Å². The van der Waals surface area contributed by atoms with Crippen molar-refractivity contribution in [1.82, 2.24) is 19.9 Å². The van der Waals surface area contributed by atoms with Gasteiger partial charge < -0.3 is 0 Å². The van der Waals surface area contributed by atoms with Crippen molar-refractivity contribution in [3.63, 3.8) is 0 Å². The van der Waals surface area contributed by atoms with Crippen LogP contribution in [0, 0.1) is 0 Å². The van der Waals surface area contributed by atoms with Crippen LogP contribution in [0.5, 0.6) is 0 Å². The van der Waals surface area contributed by atoms with Crippen LogP contribution >= 0.6 is 0 Å². The van der Waals surface area contributed by atoms with Crippen molar-refractivity contribution >= 4 is 0 Å². The van der Waals surface area contributed by atoms with E-state index in [4.69, 9.17) is 4.98 Å². The molecule has 4 aromatic rings. The molecular formula is C20H14N4. The molecule has 4 heterocycles. The number of rotatable bonds is 3. The normalized spacial score (nSPS) is 10.5. The molecule has 0 aliphatic rings. The van der Waals surface area contributed by atoms with E-state index in [9.17, 15) is 0 Å². The molecule has 4 aromatic heterocycles. The molecule has 0 aliphatic carbocycles. The summed E-state index contributed by atoms with van der Waals surface area (Å²) in [6, 6.07) is 17.9. The standard InChI is InChI=1S/C20H14N4/c1-2-9-23-18(5-1)20-13-17(15-6-10-21-11-7-15)12-19(24-20)16-4-3-8-22-14-16/h1-14H. The van der Waals surface area contributed by atoms with Crippen LogP contribution in [0.4, 0.5) is 0 Å². The van der Waals surface area contributed by atoms with Gasteiger partial charge in [-0.2, -0.15) is 0 Å². The number of hydrogen-bond acceptors (Lipinski definition) is 4. The Bertz CT molecular complexity index is 799. The lowest BCUT2D eigenvalue weighted by Gasteiger charge is -2.09. The third-order valence-electron chi connectivity index (χ3n) is 3.72. The van der Waals surface area contributed by atoms with Crippen molar-refractivity contribution in [2.24, 2.45) is 0 Å². The van der Waals surface area contributed by atoms with E-state index >= 15 is 0 Å². The van der Waals surface area contributed by atoms with E-state index in [2.05, 4.69) is 27.1 Å². The Labute approximate surface area is 139 Å². The van der Waals surface area contributed by atoms with Crippen molar-refractivity contribution < 1.29 is 0 Å². The number of nitrogens with zero attached hydrogens (tertiary/aromatic N) is 4. The Kier molecular flexibility index (Phi) is 3.78. The molecule has 114 valence electrons. The van der Waals surface area contributed by atoms with E-state index in [0.29, 0.717) is 0 Å². The van der Waals surface area contributed by atoms with Crippen molar-refractivity contribution in [3.05, 3.63) is 85.6 Å². The smallest absolute Gasteiger partial charge is 0.0899 e. The molecule has 24 heavy (non-hydrogen) atoms. The van der Waals surface area contributed by atoms with Gasteiger partial charge in [-0.25, -0.2) is 4.98 Å². The largest absolute Gasteiger partial charge is 0.265 e. The molecule has 4 heteroatoms. The molecule has 0 saturated heterocycles. The van der Waals surface area contributed by atoms with E-state index in [1.807, 2.05) is 48.7 Å². The summed E-state index contributed by atoms with van der Waals surface area (Å²) in [5, 5.41) is 0. The topological polar surface area (TPSA) is 51.6 Å². The summed E-state index contributed by atoms with van der Waals surface area (Å²) in [5.41, 5.74) is 5.70. The van der Waals surface area contributed by atoms with E-state index in [1.54, 1.807) is 24.8 Å². The molecule has 0 bridgehead atoms. The van der Waals surface area contributed by atoms with Gasteiger partial charge in [0.1, 0.15) is 0 Å². The van der Waals surface area contributed by atoms with E-state index in [1.165, 1.54) is 0 Å². The Morgan fingerprint density at radius 3 is 2.17 bits per heavy atom. The molecule has 0 fully saturated rings. The van der Waals surface area contributed by atoms with Gasteiger partial charge >= 0.3 is 0 Å². The van der Waals surface area contributed by atoms with Crippen LogP contribution in [0.1, 0.15) is 0 Å². The van der Waals surface area contributed by atoms with Crippen LogP contribution < -0.4 is 0 Å². The zero-order valence-corrected chi connectivity index (χ0v) is 12.9. The van der Waals surface area contributed by atoms with Crippen LogP contribution in [0.25, 0.3) is 33.8 Å². The maximum Gasteiger partial charge on any atom is 0.0899 e. The predicted molar refractivity (Wildman–Crippen MR) is 93.9 cm³/mol. The van der Waals surface area contributed by atoms with Gasteiger partial charge in [0.15, 0.2) is 0 Å². The molecule has 0 spiro atoms. The second-order valence-corrected chi connectivity index (χ2v) is 5.32. The fourth-order valence-electron chi connectivity index (χ4n) is 2.55. The monoisotopic (exact) mass is 310 g/mol. The molecular weight excluding hydrogens is 296 g/mol. The highest BCUT2D eigenvalue weighted by atomic mass is 14.8. The van der Waals surface area contributed by atoms with Crippen LogP contribution in [0.3, 0.4) is 0 Å². The summed E-state index contributed by atoms with van der Waals surface area (Å²) in [6.45, 7) is 0. The van der Waals surface area contributed by atoms with Crippen LogP contribution in [0.15, 0.2) is 85.6 Å². The molecule has 0 unspecified atom stereocenters. The van der Waals surface area contributed by atoms with E-state index < -0.39 is 0 Å². The Morgan fingerprint density at radius 2 is 1.42 bits per heavy atom. The van der Waals surface area contributed by atoms with Gasteiger partial charge in [0.05, 0.1) is 17.1 Å². The van der Waals surface area contributed by atoms with Gasteiger partial charge in [0.25, 0.3) is 0 Å². The average Bonchev–Trinajstić information content (AvgIpc) is 2.70. The lowest BCUT2D eigenvalue weighted by molar-refractivity contribution is 1.24. The molecule has 0 aromatic carbocycles. The second kappa shape index (κ2) is 6.38. The summed E-state index contributed by atoms with van der Waals surface area (Å²) in [4.78, 5) is 17.5. The second-order valence-electron chi connectivity index (χ2n) is 5.32. The summed E-state index contributed by atoms with van der Waals surface area (Å²) in [6.07, 6.45) is 8.94. The predicted octanol–water partition coefficient (Wildman–Crippen LogP) is 4.27. The SMILES string of the molecule is c1ccc(-c2cc(-c3ccncc3)cc(-c3cccnc3)n2)nc1. The molecule has 0 radical (unpaired) electrons. The summed E-state index contributed by atoms with van der Waals surface area (Å²) >= 11 is 0. The minimum Gasteiger partial charge on any atom is -0.265 e. The fourth-order valence-corrected chi connectivity index (χ4v) is 2.55. The molecule has 4 nitrogen and oxygen atoms in total. The third kappa shape index (κ3) is 2.90. The van der Waals surface area contributed by atoms with Gasteiger partial charge in [-0.3, -0.25) is 15.0 Å². The first-order chi connectivity index (χ1) is 11.9. The minimum atomic E-state index is 0.837. The Morgan fingerprint density at radius 1 is 0.542 bits per heavy atom. The first-order valence-corrected chi connectivity index (χ1v) is 7.64. The maximum absolute atomic E-state index is 4.78. The highest BCUT2D eigenvalue weighted by Gasteiger charge is 2.09. The number of aromatic nitrogens is 4. The average molecular weight is 310 g/mol. The van der Waals surface area contributed by atoms with E-state index in [0.717, 1.165) is 33.8 Å². The zero-order valence-electron chi connectivity index (χ0n) is 12.9. The molecule has 0 saturated carbocycles. The zero-order chi connectivity index (χ0) is 16.2. The summed E-state index contributed by atoms with van der Waals surface area (Å²) in [7, 11) is 0. The number of hydrogen-bond donors (Lipinski definition) is 0. The van der Waals surface area contributed by atoms with Crippen LogP contribution in [-0.4, -0.2) is 19.9 Å². The Hall–Kier alpha value is -3.40. The lowest BCUT2D eigenvalue weighted by atomic mass is 10.0. The van der Waals surface area contributed by atoms with Crippen LogP contribution in [0.2, 0.25) is 0 Å². The van der Waals surface area contributed by atoms with Gasteiger partial charge in [-0.15, -0.1) is 0 Å². The van der Waals surface area contributed by atoms with Gasteiger partial charge in [0, 0.05) is 36.5 Å². The molecule has 0 atom stereocenters. The Balaban J connectivity index is 1.92. The highest BCUT2D eigenvalue weighted by molar-refractivity contribution is 5.75. The quantitative estimate of drug-likeness (QED) is 0.567. The van der Waals surface area contributed by atoms with Gasteiger partial charge in [0.2, 0.25) is 0 Å². The first kappa shape index (κ1) is 14.2.